The van der Waals surface area contributed by atoms with Crippen molar-refractivity contribution < 1.29 is 17.6 Å². The Morgan fingerprint density at radius 3 is 2.25 bits per heavy atom. The Morgan fingerprint density at radius 2 is 1.68 bits per heavy atom. The molecule has 2 aromatic rings. The van der Waals surface area contributed by atoms with E-state index < -0.39 is 22.0 Å². The Kier molecular flexibility index (Phi) is 5.97. The van der Waals surface area contributed by atoms with Crippen LogP contribution in [0.2, 0.25) is 0 Å². The molecule has 1 amide bonds. The van der Waals surface area contributed by atoms with E-state index in [1.54, 1.807) is 36.4 Å². The molecule has 0 aromatic heterocycles. The molecule has 1 unspecified atom stereocenters. The first-order valence-electron chi connectivity index (χ1n) is 8.90. The SMILES string of the molecule is CNS(=O)(=O)c1ccccc1N1CCN(C(C(N)=O)c2ccc(F)cc2)CC1. The number of sulfonamides is 1. The molecule has 1 heterocycles. The molecule has 0 saturated carbocycles. The van der Waals surface area contributed by atoms with Gasteiger partial charge >= 0.3 is 0 Å². The average molecular weight is 406 g/mol. The van der Waals surface area contributed by atoms with Gasteiger partial charge in [0.1, 0.15) is 16.8 Å². The first-order chi connectivity index (χ1) is 13.3. The van der Waals surface area contributed by atoms with Crippen LogP contribution >= 0.6 is 0 Å². The van der Waals surface area contributed by atoms with Crippen LogP contribution in [0.25, 0.3) is 0 Å². The summed E-state index contributed by atoms with van der Waals surface area (Å²) in [6.45, 7) is 2.08. The van der Waals surface area contributed by atoms with E-state index in [0.29, 0.717) is 37.4 Å². The van der Waals surface area contributed by atoms with Gasteiger partial charge in [-0.25, -0.2) is 17.5 Å². The van der Waals surface area contributed by atoms with Gasteiger partial charge in [-0.3, -0.25) is 9.69 Å². The maximum Gasteiger partial charge on any atom is 0.242 e. The first-order valence-corrected chi connectivity index (χ1v) is 10.4. The molecule has 150 valence electrons. The lowest BCUT2D eigenvalue weighted by atomic mass is 10.0. The second-order valence-electron chi connectivity index (χ2n) is 6.55. The lowest BCUT2D eigenvalue weighted by Gasteiger charge is -2.39. The summed E-state index contributed by atoms with van der Waals surface area (Å²) in [4.78, 5) is 16.2. The Labute approximate surface area is 164 Å². The van der Waals surface area contributed by atoms with Gasteiger partial charge in [0.2, 0.25) is 15.9 Å². The van der Waals surface area contributed by atoms with Crippen LogP contribution in [-0.4, -0.2) is 52.5 Å². The summed E-state index contributed by atoms with van der Waals surface area (Å²) >= 11 is 0. The topological polar surface area (TPSA) is 95.7 Å². The van der Waals surface area contributed by atoms with E-state index in [2.05, 4.69) is 4.72 Å². The normalized spacial score (nSPS) is 16.7. The molecule has 0 radical (unpaired) electrons. The van der Waals surface area contributed by atoms with Crippen molar-refractivity contribution in [2.24, 2.45) is 5.73 Å². The van der Waals surface area contributed by atoms with Crippen LogP contribution in [-0.2, 0) is 14.8 Å². The summed E-state index contributed by atoms with van der Waals surface area (Å²) in [5, 5.41) is 0. The third kappa shape index (κ3) is 4.16. The van der Waals surface area contributed by atoms with Crippen molar-refractivity contribution in [1.29, 1.82) is 0 Å². The Bertz CT molecular complexity index is 942. The third-order valence-corrected chi connectivity index (χ3v) is 6.36. The minimum absolute atomic E-state index is 0.218. The van der Waals surface area contributed by atoms with Gasteiger partial charge in [-0.1, -0.05) is 24.3 Å². The number of nitrogens with zero attached hydrogens (tertiary/aromatic N) is 2. The molecule has 0 bridgehead atoms. The molecule has 9 heteroatoms. The fourth-order valence-corrected chi connectivity index (χ4v) is 4.43. The highest BCUT2D eigenvalue weighted by atomic mass is 32.2. The van der Waals surface area contributed by atoms with Crippen molar-refractivity contribution in [3.05, 3.63) is 59.9 Å². The second kappa shape index (κ2) is 8.26. The van der Waals surface area contributed by atoms with Gasteiger partial charge < -0.3 is 10.6 Å². The molecule has 0 aliphatic carbocycles. The van der Waals surface area contributed by atoms with E-state index in [1.807, 2.05) is 9.80 Å². The van der Waals surface area contributed by atoms with Crippen LogP contribution in [0.1, 0.15) is 11.6 Å². The summed E-state index contributed by atoms with van der Waals surface area (Å²) in [7, 11) is -2.20. The quantitative estimate of drug-likeness (QED) is 0.749. The molecule has 1 saturated heterocycles. The number of amides is 1. The monoisotopic (exact) mass is 406 g/mol. The van der Waals surface area contributed by atoms with Gasteiger partial charge in [-0.2, -0.15) is 0 Å². The first kappa shape index (κ1) is 20.2. The number of para-hydroxylation sites is 1. The van der Waals surface area contributed by atoms with Crippen LogP contribution in [0.3, 0.4) is 0 Å². The molecule has 1 aliphatic rings. The van der Waals surface area contributed by atoms with Crippen molar-refractivity contribution in [3.63, 3.8) is 0 Å². The van der Waals surface area contributed by atoms with Gasteiger partial charge in [-0.15, -0.1) is 0 Å². The predicted molar refractivity (Wildman–Crippen MR) is 105 cm³/mol. The van der Waals surface area contributed by atoms with Crippen LogP contribution in [0.4, 0.5) is 10.1 Å². The van der Waals surface area contributed by atoms with Crippen LogP contribution in [0.15, 0.2) is 53.4 Å². The standard InChI is InChI=1S/C19H23FN4O3S/c1-22-28(26,27)17-5-3-2-4-16(17)23-10-12-24(13-11-23)18(19(21)25)14-6-8-15(20)9-7-14/h2-9,18,22H,10-13H2,1H3,(H2,21,25). The van der Waals surface area contributed by atoms with Crippen molar-refractivity contribution in [1.82, 2.24) is 9.62 Å². The zero-order chi connectivity index (χ0) is 20.3. The summed E-state index contributed by atoms with van der Waals surface area (Å²) in [6, 6.07) is 11.9. The van der Waals surface area contributed by atoms with Crippen LogP contribution < -0.4 is 15.4 Å². The van der Waals surface area contributed by atoms with Crippen LogP contribution in [0.5, 0.6) is 0 Å². The van der Waals surface area contributed by atoms with Crippen molar-refractivity contribution in [2.45, 2.75) is 10.9 Å². The number of piperazine rings is 1. The number of hydrogen-bond donors (Lipinski definition) is 2. The largest absolute Gasteiger partial charge is 0.368 e. The third-order valence-electron chi connectivity index (χ3n) is 4.90. The molecule has 1 atom stereocenters. The zero-order valence-electron chi connectivity index (χ0n) is 15.5. The lowest BCUT2D eigenvalue weighted by Crippen LogP contribution is -2.50. The average Bonchev–Trinajstić information content (AvgIpc) is 2.70. The van der Waals surface area contributed by atoms with Crippen molar-refractivity contribution in [3.8, 4) is 0 Å². The minimum Gasteiger partial charge on any atom is -0.368 e. The number of anilines is 1. The van der Waals surface area contributed by atoms with Gasteiger partial charge in [0.25, 0.3) is 0 Å². The molecule has 1 fully saturated rings. The molecule has 1 aliphatic heterocycles. The highest BCUT2D eigenvalue weighted by molar-refractivity contribution is 7.89. The van der Waals surface area contributed by atoms with Crippen LogP contribution in [0, 0.1) is 5.82 Å². The minimum atomic E-state index is -3.58. The van der Waals surface area contributed by atoms with Gasteiger partial charge in [0, 0.05) is 26.2 Å². The van der Waals surface area contributed by atoms with E-state index in [0.717, 1.165) is 0 Å². The molecule has 3 rings (SSSR count). The molecule has 3 N–H and O–H groups in total. The van der Waals surface area contributed by atoms with E-state index in [4.69, 9.17) is 5.73 Å². The maximum atomic E-state index is 13.2. The molecular formula is C19H23FN4O3S. The van der Waals surface area contributed by atoms with E-state index in [1.165, 1.54) is 19.2 Å². The predicted octanol–water partition coefficient (Wildman–Crippen LogP) is 1.08. The second-order valence-corrected chi connectivity index (χ2v) is 8.41. The number of nitrogens with two attached hydrogens (primary N) is 1. The van der Waals surface area contributed by atoms with E-state index in [9.17, 15) is 17.6 Å². The smallest absolute Gasteiger partial charge is 0.242 e. The number of carbonyl (C=O) groups is 1. The number of nitrogens with one attached hydrogen (secondary N) is 1. The van der Waals surface area contributed by atoms with Gasteiger partial charge in [0.05, 0.1) is 5.69 Å². The Hall–Kier alpha value is -2.49. The lowest BCUT2D eigenvalue weighted by molar-refractivity contribution is -0.123. The number of halogens is 1. The van der Waals surface area contributed by atoms with E-state index >= 15 is 0 Å². The van der Waals surface area contributed by atoms with Crippen molar-refractivity contribution in [2.75, 3.05) is 38.1 Å². The van der Waals surface area contributed by atoms with Crippen molar-refractivity contribution >= 4 is 21.6 Å². The van der Waals surface area contributed by atoms with E-state index in [-0.39, 0.29) is 10.7 Å². The molecular weight excluding hydrogens is 383 g/mol. The number of rotatable bonds is 6. The van der Waals surface area contributed by atoms with Gasteiger partial charge in [-0.05, 0) is 36.9 Å². The molecule has 7 nitrogen and oxygen atoms in total. The number of primary amides is 1. The summed E-state index contributed by atoms with van der Waals surface area (Å²) in [6.07, 6.45) is 0. The molecule has 0 spiro atoms. The highest BCUT2D eigenvalue weighted by Gasteiger charge is 2.30. The molecule has 2 aromatic carbocycles. The number of carbonyl (C=O) groups excluding carboxylic acids is 1. The Morgan fingerprint density at radius 1 is 1.07 bits per heavy atom. The fourth-order valence-electron chi connectivity index (χ4n) is 3.48. The fraction of sp³-hybridized carbons (Fsp3) is 0.316. The summed E-state index contributed by atoms with van der Waals surface area (Å²) < 4.78 is 40.2. The number of hydrogen-bond acceptors (Lipinski definition) is 5. The summed E-state index contributed by atoms with van der Waals surface area (Å²) in [5.74, 6) is -0.877. The number of benzene rings is 2. The maximum absolute atomic E-state index is 13.2. The molecule has 28 heavy (non-hydrogen) atoms. The zero-order valence-corrected chi connectivity index (χ0v) is 16.3. The summed E-state index contributed by atoms with van der Waals surface area (Å²) in [5.41, 5.74) is 6.87. The Balaban J connectivity index is 1.79. The highest BCUT2D eigenvalue weighted by Crippen LogP contribution is 2.28. The van der Waals surface area contributed by atoms with Gasteiger partial charge in [0.15, 0.2) is 0 Å².